The summed E-state index contributed by atoms with van der Waals surface area (Å²) in [5.41, 5.74) is 4.00. The summed E-state index contributed by atoms with van der Waals surface area (Å²) in [5, 5.41) is 24.8. The second-order valence-corrected chi connectivity index (χ2v) is 21.0. The number of hydrogen-bond donors (Lipinski definition) is 4. The fourth-order valence-electron chi connectivity index (χ4n) is 7.77. The molecule has 0 saturated carbocycles. The van der Waals surface area contributed by atoms with E-state index in [1.165, 1.54) is 4.90 Å². The van der Waals surface area contributed by atoms with Crippen molar-refractivity contribution in [2.45, 2.75) is 71.7 Å². The number of aryl methyl sites for hydroxylation is 1. The van der Waals surface area contributed by atoms with Crippen molar-refractivity contribution in [2.75, 3.05) is 218 Å². The van der Waals surface area contributed by atoms with Crippen LogP contribution in [0.5, 0.6) is 0 Å². The fourth-order valence-corrected chi connectivity index (χ4v) is 8.58. The molecule has 1 aromatic heterocycles. The number of benzene rings is 1. The van der Waals surface area contributed by atoms with E-state index in [-0.39, 0.29) is 51.7 Å². The summed E-state index contributed by atoms with van der Waals surface area (Å²) in [5.74, 6) is -2.13. The molecule has 1 aromatic carbocycles. The zero-order chi connectivity index (χ0) is 61.3. The first-order valence-corrected chi connectivity index (χ1v) is 30.3. The Morgan fingerprint density at radius 1 is 0.565 bits per heavy atom. The molecule has 0 aliphatic carbocycles. The van der Waals surface area contributed by atoms with E-state index in [0.717, 1.165) is 21.7 Å². The van der Waals surface area contributed by atoms with Crippen LogP contribution in [0.2, 0.25) is 0 Å². The Hall–Kier alpha value is -3.95. The number of hydrogen-bond acceptors (Lipinski definition) is 23. The molecule has 26 nitrogen and oxygen atoms in total. The first kappa shape index (κ1) is 75.3. The molecule has 488 valence electrons. The topological polar surface area (TPSA) is 297 Å². The molecule has 4 N–H and O–H groups in total. The number of β-amino-alcohol motifs (C(OH)–C–C–N with tert-alkyl or cyclic N) is 1. The summed E-state index contributed by atoms with van der Waals surface area (Å²) in [4.78, 5) is 57.4. The van der Waals surface area contributed by atoms with E-state index in [1.54, 1.807) is 11.3 Å². The second kappa shape index (κ2) is 50.0. The SMILES string of the molecule is Cc1ncsc1-c1ccc(CNC(=O)C2CC(O)CN2C(=O)C(NC(=O)COCCOCCOCCOCCOCCOCCOCCOCCOCCOCCOCCOCCOCCOCCOCCOCCCC(=O)O)C(C)(C)C)cc1. The largest absolute Gasteiger partial charge is 0.481 e. The second-order valence-electron chi connectivity index (χ2n) is 20.2. The number of ether oxygens (including phenoxy) is 16. The van der Waals surface area contributed by atoms with Crippen LogP contribution in [0, 0.1) is 12.3 Å². The molecule has 3 unspecified atom stereocenters. The Labute approximate surface area is 505 Å². The van der Waals surface area contributed by atoms with Gasteiger partial charge < -0.3 is 102 Å². The predicted octanol–water partition coefficient (Wildman–Crippen LogP) is 2.36. The smallest absolute Gasteiger partial charge is 0.303 e. The van der Waals surface area contributed by atoms with Gasteiger partial charge in [0.15, 0.2) is 0 Å². The van der Waals surface area contributed by atoms with Gasteiger partial charge in [-0.15, -0.1) is 11.3 Å². The summed E-state index contributed by atoms with van der Waals surface area (Å²) >= 11 is 1.57. The molecule has 1 aliphatic heterocycles. The van der Waals surface area contributed by atoms with Crippen molar-refractivity contribution in [3.63, 3.8) is 0 Å². The Bertz CT molecular complexity index is 1990. The molecular formula is C58H98N4O22S. The quantitative estimate of drug-likeness (QED) is 0.0691. The van der Waals surface area contributed by atoms with E-state index < -0.39 is 41.4 Å². The minimum atomic E-state index is -0.967. The van der Waals surface area contributed by atoms with Crippen LogP contribution < -0.4 is 10.6 Å². The van der Waals surface area contributed by atoms with Gasteiger partial charge in [0.2, 0.25) is 17.7 Å². The van der Waals surface area contributed by atoms with Gasteiger partial charge in [0, 0.05) is 32.5 Å². The number of nitrogens with one attached hydrogen (secondary N) is 2. The number of nitrogens with zero attached hydrogens (tertiary/aromatic N) is 2. The highest BCUT2D eigenvalue weighted by Gasteiger charge is 2.44. The van der Waals surface area contributed by atoms with Crippen LogP contribution in [-0.4, -0.2) is 280 Å². The number of thiazole rings is 1. The fraction of sp³-hybridized carbons (Fsp3) is 0.776. The predicted molar refractivity (Wildman–Crippen MR) is 312 cm³/mol. The van der Waals surface area contributed by atoms with Gasteiger partial charge in [0.25, 0.3) is 0 Å². The standard InChI is InChI=1S/C58H98N4O22S/c1-47-54(85-46-60-47)49-9-7-48(8-10-49)43-59-56(67)51-42-50(63)44-62(51)57(68)55(58(2,3)4)61-52(64)45-84-41-40-83-39-38-82-37-36-81-35-34-80-33-32-79-31-30-78-29-28-77-27-26-76-25-24-75-23-22-74-21-20-73-19-18-72-17-16-71-15-14-70-13-12-69-11-5-6-53(65)66/h7-10,46,50-51,55,63H,5-6,11-45H2,1-4H3,(H,59,67)(H,61,64)(H,65,66). The molecule has 0 radical (unpaired) electrons. The van der Waals surface area contributed by atoms with E-state index in [1.807, 2.05) is 57.5 Å². The van der Waals surface area contributed by atoms with Crippen LogP contribution in [0.1, 0.15) is 51.3 Å². The van der Waals surface area contributed by atoms with Crippen LogP contribution in [0.3, 0.4) is 0 Å². The van der Waals surface area contributed by atoms with Crippen molar-refractivity contribution in [2.24, 2.45) is 5.41 Å². The number of carbonyl (C=O) groups is 4. The lowest BCUT2D eigenvalue weighted by atomic mass is 9.85. The summed E-state index contributed by atoms with van der Waals surface area (Å²) in [6, 6.07) is 6.00. The zero-order valence-corrected chi connectivity index (χ0v) is 51.5. The number of aromatic nitrogens is 1. The minimum Gasteiger partial charge on any atom is -0.481 e. The number of aliphatic hydroxyl groups is 1. The van der Waals surface area contributed by atoms with E-state index in [4.69, 9.17) is 80.9 Å². The maximum Gasteiger partial charge on any atom is 0.303 e. The molecule has 2 heterocycles. The van der Waals surface area contributed by atoms with Crippen molar-refractivity contribution >= 4 is 35.0 Å². The lowest BCUT2D eigenvalue weighted by molar-refractivity contribution is -0.144. The summed E-state index contributed by atoms with van der Waals surface area (Å²) in [7, 11) is 0. The van der Waals surface area contributed by atoms with Crippen LogP contribution in [0.4, 0.5) is 0 Å². The lowest BCUT2D eigenvalue weighted by Crippen LogP contribution is -2.58. The number of carboxylic acids is 1. The van der Waals surface area contributed by atoms with E-state index in [2.05, 4.69) is 15.6 Å². The number of rotatable bonds is 57. The van der Waals surface area contributed by atoms with Gasteiger partial charge in [-0.25, -0.2) is 4.98 Å². The van der Waals surface area contributed by atoms with Crippen molar-refractivity contribution < 1.29 is 105 Å². The third-order valence-corrected chi connectivity index (χ3v) is 13.2. The normalized spacial score (nSPS) is 14.8. The van der Waals surface area contributed by atoms with Gasteiger partial charge in [0.05, 0.1) is 220 Å². The highest BCUT2D eigenvalue weighted by atomic mass is 32.1. The average molecular weight is 1240 g/mol. The van der Waals surface area contributed by atoms with Crippen LogP contribution in [0.25, 0.3) is 10.4 Å². The highest BCUT2D eigenvalue weighted by Crippen LogP contribution is 2.28. The molecule has 2 aromatic rings. The van der Waals surface area contributed by atoms with Crippen LogP contribution in [0.15, 0.2) is 29.8 Å². The zero-order valence-electron chi connectivity index (χ0n) is 50.6. The molecule has 85 heavy (non-hydrogen) atoms. The molecule has 1 saturated heterocycles. The molecule has 3 atom stereocenters. The molecule has 0 bridgehead atoms. The maximum atomic E-state index is 13.9. The minimum absolute atomic E-state index is 0.0200. The van der Waals surface area contributed by atoms with Gasteiger partial charge in [-0.1, -0.05) is 45.0 Å². The number of carboxylic acid groups (broad SMARTS) is 1. The third-order valence-electron chi connectivity index (χ3n) is 12.2. The van der Waals surface area contributed by atoms with E-state index in [0.29, 0.717) is 198 Å². The molecule has 27 heteroatoms. The number of amides is 3. The van der Waals surface area contributed by atoms with Crippen molar-refractivity contribution in [1.29, 1.82) is 0 Å². The number of likely N-dealkylation sites (tertiary alicyclic amines) is 1. The average Bonchev–Trinajstić information content (AvgIpc) is 4.23. The van der Waals surface area contributed by atoms with Gasteiger partial charge >= 0.3 is 5.97 Å². The Morgan fingerprint density at radius 2 is 0.918 bits per heavy atom. The number of carbonyl (C=O) groups excluding carboxylic acids is 3. The van der Waals surface area contributed by atoms with E-state index >= 15 is 0 Å². The summed E-state index contributed by atoms with van der Waals surface area (Å²) in [6.07, 6.45) is -0.179. The van der Waals surface area contributed by atoms with Crippen LogP contribution >= 0.6 is 11.3 Å². The Morgan fingerprint density at radius 3 is 1.25 bits per heavy atom. The van der Waals surface area contributed by atoms with Crippen molar-refractivity contribution in [3.8, 4) is 10.4 Å². The van der Waals surface area contributed by atoms with Crippen LogP contribution in [-0.2, 0) is 102 Å². The lowest BCUT2D eigenvalue weighted by Gasteiger charge is -2.35. The number of aliphatic carboxylic acids is 1. The van der Waals surface area contributed by atoms with E-state index in [9.17, 15) is 24.3 Å². The molecule has 1 fully saturated rings. The first-order chi connectivity index (χ1) is 41.4. The maximum absolute atomic E-state index is 13.9. The third kappa shape index (κ3) is 38.8. The van der Waals surface area contributed by atoms with Gasteiger partial charge in [-0.2, -0.15) is 0 Å². The van der Waals surface area contributed by atoms with Crippen molar-refractivity contribution in [1.82, 2.24) is 20.5 Å². The van der Waals surface area contributed by atoms with Crippen molar-refractivity contribution in [3.05, 3.63) is 41.0 Å². The van der Waals surface area contributed by atoms with Gasteiger partial charge in [-0.3, -0.25) is 19.2 Å². The Balaban J connectivity index is 0.986. The molecule has 3 rings (SSSR count). The summed E-state index contributed by atoms with van der Waals surface area (Å²) in [6.45, 7) is 20.6. The highest BCUT2D eigenvalue weighted by molar-refractivity contribution is 7.13. The van der Waals surface area contributed by atoms with Gasteiger partial charge in [-0.05, 0) is 29.9 Å². The Kier molecular flexibility index (Phi) is 44.3. The molecule has 0 spiro atoms. The summed E-state index contributed by atoms with van der Waals surface area (Å²) < 4.78 is 87.8. The number of aliphatic hydroxyl groups excluding tert-OH is 1. The first-order valence-electron chi connectivity index (χ1n) is 29.4. The van der Waals surface area contributed by atoms with Gasteiger partial charge in [0.1, 0.15) is 18.7 Å². The molecule has 3 amide bonds. The molecule has 1 aliphatic rings. The monoisotopic (exact) mass is 1230 g/mol. The molecular weight excluding hydrogens is 1140 g/mol.